The van der Waals surface area contributed by atoms with Crippen LogP contribution in [0.4, 0.5) is 0 Å². The first-order valence-corrected chi connectivity index (χ1v) is 19.4. The van der Waals surface area contributed by atoms with Crippen LogP contribution in [0.15, 0.2) is 54.6 Å². The third-order valence-electron chi connectivity index (χ3n) is 10.4. The number of aliphatic hydroxyl groups excluding tert-OH is 4. The van der Waals surface area contributed by atoms with Gasteiger partial charge in [0.15, 0.2) is 0 Å². The summed E-state index contributed by atoms with van der Waals surface area (Å²) in [6.07, 6.45) is -0.0219. The molecule has 3 aromatic carbocycles. The van der Waals surface area contributed by atoms with Gasteiger partial charge in [0.05, 0.1) is 38.1 Å². The highest BCUT2D eigenvalue weighted by molar-refractivity contribution is 6.75. The molecule has 306 valence electrons. The summed E-state index contributed by atoms with van der Waals surface area (Å²) in [5, 5.41) is 62.8. The van der Waals surface area contributed by atoms with Crippen LogP contribution in [0.3, 0.4) is 0 Å². The molecule has 0 fully saturated rings. The van der Waals surface area contributed by atoms with Crippen molar-refractivity contribution in [3.8, 4) is 17.2 Å². The third-order valence-corrected chi connectivity index (χ3v) is 10.4. The second-order valence-electron chi connectivity index (χ2n) is 13.8. The first-order chi connectivity index (χ1) is 27.1. The third kappa shape index (κ3) is 11.2. The van der Waals surface area contributed by atoms with Crippen molar-refractivity contribution < 1.29 is 58.6 Å². The molecule has 1 aliphatic rings. The summed E-state index contributed by atoms with van der Waals surface area (Å²) in [6, 6.07) is 15.5. The van der Waals surface area contributed by atoms with Gasteiger partial charge in [0.1, 0.15) is 17.2 Å². The van der Waals surface area contributed by atoms with Gasteiger partial charge in [-0.3, -0.25) is 0 Å². The van der Waals surface area contributed by atoms with Gasteiger partial charge < -0.3 is 75.8 Å². The predicted octanol–water partition coefficient (Wildman–Crippen LogP) is -0.698. The molecule has 0 amide bonds. The van der Waals surface area contributed by atoms with Gasteiger partial charge >= 0.3 is 21.4 Å². The average Bonchev–Trinajstić information content (AvgIpc) is 3.59. The van der Waals surface area contributed by atoms with Gasteiger partial charge in [-0.05, 0) is 59.6 Å². The molecule has 18 heteroatoms. The van der Waals surface area contributed by atoms with E-state index in [-0.39, 0.29) is 76.0 Å². The van der Waals surface area contributed by atoms with E-state index in [1.54, 1.807) is 42.5 Å². The molecule has 4 rings (SSSR count). The maximum Gasteiger partial charge on any atom is 0.495 e. The highest BCUT2D eigenvalue weighted by Crippen LogP contribution is 2.33. The number of nitrogens with two attached hydrogens (primary N) is 3. The quantitative estimate of drug-likeness (QED) is 0.0361. The van der Waals surface area contributed by atoms with Gasteiger partial charge in [0, 0.05) is 68.7 Å². The molecule has 0 aliphatic carbocycles. The zero-order chi connectivity index (χ0) is 40.7. The molecule has 12 N–H and O–H groups in total. The van der Waals surface area contributed by atoms with Crippen molar-refractivity contribution in [3.63, 3.8) is 0 Å². The van der Waals surface area contributed by atoms with Gasteiger partial charge in [-0.15, -0.1) is 0 Å². The van der Waals surface area contributed by atoms with Crippen LogP contribution in [0.25, 0.3) is 0 Å². The van der Waals surface area contributed by atoms with E-state index in [4.69, 9.17) is 45.3 Å². The van der Waals surface area contributed by atoms with E-state index in [9.17, 15) is 30.5 Å². The van der Waals surface area contributed by atoms with Crippen molar-refractivity contribution in [2.24, 2.45) is 22.6 Å². The Kier molecular flexibility index (Phi) is 18.4. The minimum absolute atomic E-state index is 0.0586. The predicted molar refractivity (Wildman–Crippen MR) is 215 cm³/mol. The number of benzene rings is 3. The molecule has 3 unspecified atom stereocenters. The van der Waals surface area contributed by atoms with E-state index < -0.39 is 45.1 Å². The molecule has 0 saturated heterocycles. The summed E-state index contributed by atoms with van der Waals surface area (Å²) in [6.45, 7) is 4.70. The number of fused-ring (bicyclic) bond motifs is 1. The molecule has 0 radical (unpaired) electrons. The largest absolute Gasteiger partial charge is 0.495 e. The fourth-order valence-electron chi connectivity index (χ4n) is 6.81. The zero-order valence-electron chi connectivity index (χ0n) is 32.4. The second-order valence-corrected chi connectivity index (χ2v) is 13.8. The lowest BCUT2D eigenvalue weighted by Gasteiger charge is -2.33. The van der Waals surface area contributed by atoms with Crippen LogP contribution in [-0.2, 0) is 13.9 Å². The van der Waals surface area contributed by atoms with E-state index in [0.29, 0.717) is 60.2 Å². The second kappa shape index (κ2) is 22.6. The first-order valence-electron chi connectivity index (χ1n) is 19.4. The Labute approximate surface area is 330 Å². The minimum Gasteiger partial charge on any atom is -0.494 e. The van der Waals surface area contributed by atoms with Gasteiger partial charge in [-0.25, -0.2) is 0 Å². The molecule has 56 heavy (non-hydrogen) atoms. The molecular weight excluding hydrogens is 723 g/mol. The number of ether oxygens (including phenoxy) is 3. The molecule has 3 aromatic rings. The molecule has 0 bridgehead atoms. The van der Waals surface area contributed by atoms with Gasteiger partial charge in [0.2, 0.25) is 0 Å². The monoisotopic (exact) mass is 781 g/mol. The lowest BCUT2D eigenvalue weighted by Crippen LogP contribution is -2.47. The standard InChI is InChI=1S/C38H58B3N3O12/c1-3-38(4-2,25-54-39(49)35-26(29(47)22-42)10-5-13-31(35)51-19-8-17-45)16-21-53-33-15-7-12-28-34(24-44)55-41(37(28)33)56-40(50)36-27(30(48)23-43)11-6-14-32(36)52-20-9-18-46/h5-7,10-15,29-30,34,45-50H,3-4,8-9,16-25,42-44H2,1-2H3. The van der Waals surface area contributed by atoms with Crippen molar-refractivity contribution >= 4 is 37.7 Å². The van der Waals surface area contributed by atoms with Crippen LogP contribution in [0.2, 0.25) is 0 Å². The van der Waals surface area contributed by atoms with Crippen LogP contribution >= 0.6 is 0 Å². The molecule has 1 heterocycles. The summed E-state index contributed by atoms with van der Waals surface area (Å²) in [5.74, 6) is 1.07. The fraction of sp³-hybridized carbons (Fsp3) is 0.526. The molecule has 15 nitrogen and oxygen atoms in total. The topological polar surface area (TPSA) is 255 Å². The summed E-state index contributed by atoms with van der Waals surface area (Å²) in [7, 11) is -4.15. The van der Waals surface area contributed by atoms with Gasteiger partial charge in [0.25, 0.3) is 0 Å². The normalized spacial score (nSPS) is 15.1. The summed E-state index contributed by atoms with van der Waals surface area (Å²) >= 11 is 0. The van der Waals surface area contributed by atoms with Gasteiger partial charge in [-0.1, -0.05) is 50.2 Å². The fourth-order valence-corrected chi connectivity index (χ4v) is 6.81. The maximum atomic E-state index is 11.6. The Bertz CT molecular complexity index is 1640. The number of rotatable bonds is 26. The van der Waals surface area contributed by atoms with Crippen LogP contribution in [0, 0.1) is 5.41 Å². The highest BCUT2D eigenvalue weighted by atomic mass is 16.6. The van der Waals surface area contributed by atoms with E-state index in [1.165, 1.54) is 0 Å². The van der Waals surface area contributed by atoms with Crippen LogP contribution < -0.4 is 47.8 Å². The van der Waals surface area contributed by atoms with Gasteiger partial charge in [-0.2, -0.15) is 0 Å². The molecule has 0 aromatic heterocycles. The number of aliphatic hydroxyl groups is 4. The number of hydrogen-bond donors (Lipinski definition) is 9. The SMILES string of the molecule is CCC(CC)(CCOc1cccc2c1B(OB(O)c1c(OCCCO)cccc1C(O)CN)OC2CN)COB(O)c1c(OCCCO)cccc1C(O)CN. The Balaban J connectivity index is 1.53. The Morgan fingerprint density at radius 1 is 0.750 bits per heavy atom. The minimum atomic E-state index is -1.62. The Hall–Kier alpha value is -3.23. The molecule has 0 spiro atoms. The van der Waals surface area contributed by atoms with Crippen LogP contribution in [0.5, 0.6) is 17.2 Å². The highest BCUT2D eigenvalue weighted by Gasteiger charge is 2.43. The summed E-state index contributed by atoms with van der Waals surface area (Å²) in [5.41, 5.74) is 19.7. The van der Waals surface area contributed by atoms with Crippen molar-refractivity contribution in [3.05, 3.63) is 71.3 Å². The van der Waals surface area contributed by atoms with Crippen molar-refractivity contribution in [1.29, 1.82) is 0 Å². The smallest absolute Gasteiger partial charge is 0.494 e. The van der Waals surface area contributed by atoms with E-state index >= 15 is 0 Å². The zero-order valence-corrected chi connectivity index (χ0v) is 32.4. The van der Waals surface area contributed by atoms with E-state index in [0.717, 1.165) is 5.56 Å². The Morgan fingerprint density at radius 3 is 1.79 bits per heavy atom. The Morgan fingerprint density at radius 2 is 1.27 bits per heavy atom. The van der Waals surface area contributed by atoms with E-state index in [2.05, 4.69) is 0 Å². The maximum absolute atomic E-state index is 11.6. The van der Waals surface area contributed by atoms with Crippen LogP contribution in [-0.4, -0.2) is 111 Å². The molecule has 1 aliphatic heterocycles. The number of hydrogen-bond acceptors (Lipinski definition) is 15. The van der Waals surface area contributed by atoms with Crippen molar-refractivity contribution in [2.75, 3.05) is 59.3 Å². The van der Waals surface area contributed by atoms with Crippen molar-refractivity contribution in [2.45, 2.75) is 64.3 Å². The van der Waals surface area contributed by atoms with Crippen molar-refractivity contribution in [1.82, 2.24) is 0 Å². The average molecular weight is 781 g/mol. The molecule has 0 saturated carbocycles. The lowest BCUT2D eigenvalue weighted by atomic mass is 9.68. The van der Waals surface area contributed by atoms with Crippen LogP contribution in [0.1, 0.15) is 81.0 Å². The molecular formula is C38H58B3N3O12. The molecule has 3 atom stereocenters. The van der Waals surface area contributed by atoms with E-state index in [1.807, 2.05) is 26.0 Å². The summed E-state index contributed by atoms with van der Waals surface area (Å²) < 4.78 is 36.6. The first kappa shape index (κ1) is 45.5. The lowest BCUT2D eigenvalue weighted by molar-refractivity contribution is 0.0901. The summed E-state index contributed by atoms with van der Waals surface area (Å²) in [4.78, 5) is 0.